The Hall–Kier alpha value is -2.62. The minimum absolute atomic E-state index is 0.221. The number of halogens is 1. The third-order valence-electron chi connectivity index (χ3n) is 3.77. The molecule has 0 atom stereocenters. The quantitative estimate of drug-likeness (QED) is 0.552. The lowest BCUT2D eigenvalue weighted by Gasteiger charge is -2.05. The topological polar surface area (TPSA) is 42.1 Å². The van der Waals surface area contributed by atoms with E-state index in [1.165, 1.54) is 12.1 Å². The number of fused-ring (bicyclic) bond motifs is 1. The fraction of sp³-hybridized carbons (Fsp3) is 0.211. The van der Waals surface area contributed by atoms with Crippen LogP contribution in [-0.4, -0.2) is 17.6 Å². The van der Waals surface area contributed by atoms with Crippen LogP contribution in [0.5, 0.6) is 0 Å². The predicted octanol–water partition coefficient (Wildman–Crippen LogP) is 4.03. The average molecular weight is 311 g/mol. The van der Waals surface area contributed by atoms with Gasteiger partial charge in [0.2, 0.25) is 0 Å². The second-order valence-electron chi connectivity index (χ2n) is 5.49. The van der Waals surface area contributed by atoms with E-state index >= 15 is 0 Å². The second kappa shape index (κ2) is 7.09. The first kappa shape index (κ1) is 15.3. The SMILES string of the molecule is O=C(Cc1ccccc1)OCCCc1c[nH]c2ccc(F)cc12. The van der Waals surface area contributed by atoms with E-state index in [0.29, 0.717) is 19.4 Å². The summed E-state index contributed by atoms with van der Waals surface area (Å²) >= 11 is 0. The molecule has 0 unspecified atom stereocenters. The summed E-state index contributed by atoms with van der Waals surface area (Å²) < 4.78 is 18.6. The van der Waals surface area contributed by atoms with E-state index in [0.717, 1.165) is 28.5 Å². The maximum absolute atomic E-state index is 13.3. The van der Waals surface area contributed by atoms with E-state index in [2.05, 4.69) is 4.98 Å². The number of esters is 1. The molecule has 0 aliphatic heterocycles. The molecule has 0 spiro atoms. The molecule has 0 saturated heterocycles. The van der Waals surface area contributed by atoms with Gasteiger partial charge in [0.25, 0.3) is 0 Å². The molecule has 1 heterocycles. The van der Waals surface area contributed by atoms with Crippen LogP contribution in [0.4, 0.5) is 4.39 Å². The number of aromatic nitrogens is 1. The highest BCUT2D eigenvalue weighted by Gasteiger charge is 2.07. The molecule has 1 N–H and O–H groups in total. The summed E-state index contributed by atoms with van der Waals surface area (Å²) in [5, 5.41) is 0.889. The maximum atomic E-state index is 13.3. The fourth-order valence-corrected chi connectivity index (χ4v) is 2.62. The molecular formula is C19H18FNO2. The summed E-state index contributed by atoms with van der Waals surface area (Å²) in [6.07, 6.45) is 3.63. The van der Waals surface area contributed by atoms with Crippen molar-refractivity contribution in [3.05, 3.63) is 71.7 Å². The second-order valence-corrected chi connectivity index (χ2v) is 5.49. The minimum Gasteiger partial charge on any atom is -0.465 e. The number of rotatable bonds is 6. The lowest BCUT2D eigenvalue weighted by atomic mass is 10.1. The van der Waals surface area contributed by atoms with Gasteiger partial charge in [-0.15, -0.1) is 0 Å². The van der Waals surface area contributed by atoms with Gasteiger partial charge in [-0.25, -0.2) is 4.39 Å². The molecule has 3 nitrogen and oxygen atoms in total. The Balaban J connectivity index is 1.47. The van der Waals surface area contributed by atoms with Gasteiger partial charge < -0.3 is 9.72 Å². The van der Waals surface area contributed by atoms with Gasteiger partial charge in [0.1, 0.15) is 5.82 Å². The highest BCUT2D eigenvalue weighted by molar-refractivity contribution is 5.83. The van der Waals surface area contributed by atoms with Crippen LogP contribution in [0.3, 0.4) is 0 Å². The number of H-pyrrole nitrogens is 1. The third kappa shape index (κ3) is 3.97. The van der Waals surface area contributed by atoms with Crippen LogP contribution in [0.15, 0.2) is 54.7 Å². The van der Waals surface area contributed by atoms with Crippen molar-refractivity contribution in [1.29, 1.82) is 0 Å². The van der Waals surface area contributed by atoms with Crippen molar-refractivity contribution >= 4 is 16.9 Å². The fourth-order valence-electron chi connectivity index (χ4n) is 2.62. The molecule has 23 heavy (non-hydrogen) atoms. The molecule has 0 amide bonds. The van der Waals surface area contributed by atoms with Gasteiger partial charge in [0.05, 0.1) is 13.0 Å². The van der Waals surface area contributed by atoms with E-state index < -0.39 is 0 Å². The van der Waals surface area contributed by atoms with Crippen molar-refractivity contribution in [1.82, 2.24) is 4.98 Å². The molecule has 4 heteroatoms. The van der Waals surface area contributed by atoms with Crippen molar-refractivity contribution in [2.75, 3.05) is 6.61 Å². The summed E-state index contributed by atoms with van der Waals surface area (Å²) in [5.41, 5.74) is 2.91. The smallest absolute Gasteiger partial charge is 0.310 e. The summed E-state index contributed by atoms with van der Waals surface area (Å²) in [6, 6.07) is 14.2. The molecule has 1 aromatic heterocycles. The largest absolute Gasteiger partial charge is 0.465 e. The Labute approximate surface area is 134 Å². The number of aromatic amines is 1. The zero-order chi connectivity index (χ0) is 16.1. The standard InChI is InChI=1S/C19H18FNO2/c20-16-8-9-18-17(12-16)15(13-21-18)7-4-10-23-19(22)11-14-5-2-1-3-6-14/h1-3,5-6,8-9,12-13,21H,4,7,10-11H2. The number of aryl methyl sites for hydroxylation is 1. The molecule has 0 aliphatic carbocycles. The molecule has 0 aliphatic rings. The number of carbonyl (C=O) groups is 1. The highest BCUT2D eigenvalue weighted by Crippen LogP contribution is 2.20. The Morgan fingerprint density at radius 3 is 2.78 bits per heavy atom. The molecule has 0 radical (unpaired) electrons. The Morgan fingerprint density at radius 1 is 1.13 bits per heavy atom. The summed E-state index contributed by atoms with van der Waals surface area (Å²) in [4.78, 5) is 14.9. The van der Waals surface area contributed by atoms with Crippen LogP contribution in [0.1, 0.15) is 17.5 Å². The van der Waals surface area contributed by atoms with Gasteiger partial charge in [-0.1, -0.05) is 30.3 Å². The Kier molecular flexibility index (Phi) is 4.71. The highest BCUT2D eigenvalue weighted by atomic mass is 19.1. The first-order valence-corrected chi connectivity index (χ1v) is 7.67. The van der Waals surface area contributed by atoms with Crippen LogP contribution in [0.2, 0.25) is 0 Å². The van der Waals surface area contributed by atoms with Gasteiger partial charge in [0.15, 0.2) is 0 Å². The number of hydrogen-bond donors (Lipinski definition) is 1. The van der Waals surface area contributed by atoms with Gasteiger partial charge in [0, 0.05) is 17.1 Å². The zero-order valence-electron chi connectivity index (χ0n) is 12.7. The Bertz CT molecular complexity index is 795. The van der Waals surface area contributed by atoms with Crippen LogP contribution < -0.4 is 0 Å². The summed E-state index contributed by atoms with van der Waals surface area (Å²) in [6.45, 7) is 0.369. The van der Waals surface area contributed by atoms with Crippen molar-refractivity contribution < 1.29 is 13.9 Å². The molecule has 0 saturated carbocycles. The predicted molar refractivity (Wildman–Crippen MR) is 87.7 cm³/mol. The lowest BCUT2D eigenvalue weighted by Crippen LogP contribution is -2.09. The number of benzene rings is 2. The Morgan fingerprint density at radius 2 is 1.96 bits per heavy atom. The van der Waals surface area contributed by atoms with Crippen LogP contribution in [0, 0.1) is 5.82 Å². The monoisotopic (exact) mass is 311 g/mol. The van der Waals surface area contributed by atoms with E-state index in [9.17, 15) is 9.18 Å². The number of carbonyl (C=O) groups excluding carboxylic acids is 1. The molecule has 118 valence electrons. The molecule has 0 bridgehead atoms. The van der Waals surface area contributed by atoms with E-state index in [-0.39, 0.29) is 11.8 Å². The van der Waals surface area contributed by atoms with E-state index in [1.807, 2.05) is 36.5 Å². The van der Waals surface area contributed by atoms with Crippen molar-refractivity contribution in [3.8, 4) is 0 Å². The molecule has 0 fully saturated rings. The van der Waals surface area contributed by atoms with Gasteiger partial charge >= 0.3 is 5.97 Å². The van der Waals surface area contributed by atoms with Gasteiger partial charge in [-0.05, 0) is 42.2 Å². The normalized spacial score (nSPS) is 10.8. The molecule has 2 aromatic carbocycles. The third-order valence-corrected chi connectivity index (χ3v) is 3.77. The number of ether oxygens (including phenoxy) is 1. The maximum Gasteiger partial charge on any atom is 0.310 e. The number of nitrogens with one attached hydrogen (secondary N) is 1. The minimum atomic E-state index is -0.243. The average Bonchev–Trinajstić information content (AvgIpc) is 2.95. The zero-order valence-corrected chi connectivity index (χ0v) is 12.7. The molecule has 3 aromatic rings. The molecular weight excluding hydrogens is 293 g/mol. The van der Waals surface area contributed by atoms with Crippen LogP contribution >= 0.6 is 0 Å². The van der Waals surface area contributed by atoms with Crippen molar-refractivity contribution in [2.24, 2.45) is 0 Å². The lowest BCUT2D eigenvalue weighted by molar-refractivity contribution is -0.142. The van der Waals surface area contributed by atoms with Crippen molar-refractivity contribution in [3.63, 3.8) is 0 Å². The summed E-state index contributed by atoms with van der Waals surface area (Å²) in [5.74, 6) is -0.464. The van der Waals surface area contributed by atoms with Crippen LogP contribution in [-0.2, 0) is 22.4 Å². The van der Waals surface area contributed by atoms with Gasteiger partial charge in [-0.2, -0.15) is 0 Å². The van der Waals surface area contributed by atoms with Gasteiger partial charge in [-0.3, -0.25) is 4.79 Å². The summed E-state index contributed by atoms with van der Waals surface area (Å²) in [7, 11) is 0. The van der Waals surface area contributed by atoms with Crippen LogP contribution in [0.25, 0.3) is 10.9 Å². The first-order valence-electron chi connectivity index (χ1n) is 7.67. The number of hydrogen-bond acceptors (Lipinski definition) is 2. The van der Waals surface area contributed by atoms with Crippen molar-refractivity contribution in [2.45, 2.75) is 19.3 Å². The van der Waals surface area contributed by atoms with E-state index in [4.69, 9.17) is 4.74 Å². The molecule has 3 rings (SSSR count). The first-order chi connectivity index (χ1) is 11.2. The van der Waals surface area contributed by atoms with E-state index in [1.54, 1.807) is 6.07 Å².